The van der Waals surface area contributed by atoms with Crippen molar-refractivity contribution in [3.05, 3.63) is 0 Å². The average molecular weight is 130 g/mol. The molecule has 1 atom stereocenters. The third kappa shape index (κ3) is 1.65. The fourth-order valence-electron chi connectivity index (χ4n) is 0.800. The highest BCUT2D eigenvalue weighted by atomic mass is 16.3. The Morgan fingerprint density at radius 2 is 2.56 bits per heavy atom. The third-order valence-corrected chi connectivity index (χ3v) is 1.26. The number of carbonyl (C=O) groups is 1. The summed E-state index contributed by atoms with van der Waals surface area (Å²) in [5.41, 5.74) is 0. The van der Waals surface area contributed by atoms with Crippen molar-refractivity contribution in [3.8, 4) is 0 Å². The molecule has 0 unspecified atom stereocenters. The molecule has 4 heteroatoms. The lowest BCUT2D eigenvalue weighted by Crippen LogP contribution is -2.53. The Morgan fingerprint density at radius 1 is 1.78 bits per heavy atom. The van der Waals surface area contributed by atoms with E-state index in [9.17, 15) is 4.79 Å². The van der Waals surface area contributed by atoms with Crippen molar-refractivity contribution in [2.75, 3.05) is 19.7 Å². The third-order valence-electron chi connectivity index (χ3n) is 1.26. The van der Waals surface area contributed by atoms with E-state index in [1.54, 1.807) is 0 Å². The minimum absolute atomic E-state index is 0.0126. The Kier molecular flexibility index (Phi) is 2.02. The van der Waals surface area contributed by atoms with E-state index >= 15 is 0 Å². The number of aliphatic hydroxyl groups excluding tert-OH is 1. The summed E-state index contributed by atoms with van der Waals surface area (Å²) >= 11 is 0. The van der Waals surface area contributed by atoms with E-state index in [4.69, 9.17) is 5.11 Å². The summed E-state index contributed by atoms with van der Waals surface area (Å²) in [6.45, 7) is 1.05. The summed E-state index contributed by atoms with van der Waals surface area (Å²) in [7, 11) is 0. The first-order valence-electron chi connectivity index (χ1n) is 2.94. The smallest absolute Gasteiger partial charge is 0.234 e. The van der Waals surface area contributed by atoms with E-state index in [2.05, 4.69) is 10.6 Å². The van der Waals surface area contributed by atoms with Crippen LogP contribution >= 0.6 is 0 Å². The molecule has 0 aliphatic carbocycles. The van der Waals surface area contributed by atoms with Gasteiger partial charge in [0.25, 0.3) is 0 Å². The molecule has 0 aromatic carbocycles. The fraction of sp³-hybridized carbons (Fsp3) is 0.800. The monoisotopic (exact) mass is 130 g/mol. The number of rotatable bonds is 1. The number of piperazine rings is 1. The van der Waals surface area contributed by atoms with Crippen LogP contribution in [0.25, 0.3) is 0 Å². The highest BCUT2D eigenvalue weighted by Gasteiger charge is 2.15. The van der Waals surface area contributed by atoms with Crippen molar-refractivity contribution in [1.82, 2.24) is 10.6 Å². The van der Waals surface area contributed by atoms with Crippen molar-refractivity contribution in [2.24, 2.45) is 0 Å². The maximum absolute atomic E-state index is 10.5. The van der Waals surface area contributed by atoms with Crippen molar-refractivity contribution in [3.63, 3.8) is 0 Å². The van der Waals surface area contributed by atoms with Gasteiger partial charge in [0.05, 0.1) is 19.2 Å². The minimum atomic E-state index is -0.0914. The Morgan fingerprint density at radius 3 is 3.00 bits per heavy atom. The van der Waals surface area contributed by atoms with Gasteiger partial charge in [0.15, 0.2) is 0 Å². The molecular formula is C5H10N2O2. The first-order valence-corrected chi connectivity index (χ1v) is 2.94. The molecule has 1 aliphatic rings. The van der Waals surface area contributed by atoms with Gasteiger partial charge in [-0.3, -0.25) is 4.79 Å². The Balaban J connectivity index is 2.32. The van der Waals surface area contributed by atoms with Crippen LogP contribution in [-0.4, -0.2) is 36.8 Å². The van der Waals surface area contributed by atoms with Gasteiger partial charge in [-0.2, -0.15) is 0 Å². The van der Waals surface area contributed by atoms with Gasteiger partial charge in [-0.15, -0.1) is 0 Å². The van der Waals surface area contributed by atoms with Crippen LogP contribution in [-0.2, 0) is 4.79 Å². The van der Waals surface area contributed by atoms with E-state index < -0.39 is 0 Å². The summed E-state index contributed by atoms with van der Waals surface area (Å²) in [5.74, 6) is -0.0414. The van der Waals surface area contributed by atoms with Gasteiger partial charge in [-0.25, -0.2) is 0 Å². The number of aliphatic hydroxyl groups is 1. The molecule has 1 rings (SSSR count). The molecule has 4 nitrogen and oxygen atoms in total. The molecule has 1 saturated heterocycles. The zero-order chi connectivity index (χ0) is 6.69. The average Bonchev–Trinajstić information content (AvgIpc) is 1.88. The summed E-state index contributed by atoms with van der Waals surface area (Å²) < 4.78 is 0. The molecule has 52 valence electrons. The van der Waals surface area contributed by atoms with Crippen LogP contribution in [0, 0.1) is 0 Å². The summed E-state index contributed by atoms with van der Waals surface area (Å²) in [5, 5.41) is 14.0. The molecule has 0 aromatic heterocycles. The lowest BCUT2D eigenvalue weighted by Gasteiger charge is -2.21. The van der Waals surface area contributed by atoms with Crippen LogP contribution < -0.4 is 10.6 Å². The molecule has 1 fully saturated rings. The highest BCUT2D eigenvalue weighted by molar-refractivity contribution is 5.79. The fourth-order valence-corrected chi connectivity index (χ4v) is 0.800. The number of hydrogen-bond acceptors (Lipinski definition) is 3. The van der Waals surface area contributed by atoms with Gasteiger partial charge < -0.3 is 15.7 Å². The van der Waals surface area contributed by atoms with E-state index in [0.717, 1.165) is 0 Å². The van der Waals surface area contributed by atoms with Gasteiger partial charge in [0.2, 0.25) is 5.91 Å². The predicted molar refractivity (Wildman–Crippen MR) is 31.9 cm³/mol. The molecule has 0 spiro atoms. The summed E-state index contributed by atoms with van der Waals surface area (Å²) in [6.07, 6.45) is 0. The van der Waals surface area contributed by atoms with E-state index in [0.29, 0.717) is 13.1 Å². The Bertz CT molecular complexity index is 116. The van der Waals surface area contributed by atoms with Crippen molar-refractivity contribution < 1.29 is 9.90 Å². The van der Waals surface area contributed by atoms with E-state index in [-0.39, 0.29) is 18.6 Å². The number of amides is 1. The van der Waals surface area contributed by atoms with Crippen LogP contribution in [0.4, 0.5) is 0 Å². The van der Waals surface area contributed by atoms with Gasteiger partial charge >= 0.3 is 0 Å². The van der Waals surface area contributed by atoms with Gasteiger partial charge in [-0.05, 0) is 0 Å². The molecule has 3 N–H and O–H groups in total. The largest absolute Gasteiger partial charge is 0.394 e. The second-order valence-electron chi connectivity index (χ2n) is 2.08. The van der Waals surface area contributed by atoms with Gasteiger partial charge in [0, 0.05) is 6.54 Å². The zero-order valence-corrected chi connectivity index (χ0v) is 5.05. The van der Waals surface area contributed by atoms with Crippen molar-refractivity contribution in [1.29, 1.82) is 0 Å². The SMILES string of the molecule is O=C1CNC[C@H](CO)N1. The molecule has 1 aliphatic heterocycles. The zero-order valence-electron chi connectivity index (χ0n) is 5.05. The first-order chi connectivity index (χ1) is 4.33. The minimum Gasteiger partial charge on any atom is -0.394 e. The van der Waals surface area contributed by atoms with Gasteiger partial charge in [-0.1, -0.05) is 0 Å². The quantitative estimate of drug-likeness (QED) is 0.387. The molecule has 1 heterocycles. The van der Waals surface area contributed by atoms with Crippen LogP contribution in [0.5, 0.6) is 0 Å². The molecule has 9 heavy (non-hydrogen) atoms. The second kappa shape index (κ2) is 2.80. The Hall–Kier alpha value is -0.610. The molecule has 1 amide bonds. The van der Waals surface area contributed by atoms with Crippen LogP contribution in [0.1, 0.15) is 0 Å². The maximum Gasteiger partial charge on any atom is 0.234 e. The maximum atomic E-state index is 10.5. The highest BCUT2D eigenvalue weighted by Crippen LogP contribution is 1.84. The number of hydrogen-bond donors (Lipinski definition) is 3. The van der Waals surface area contributed by atoms with Gasteiger partial charge in [0.1, 0.15) is 0 Å². The van der Waals surface area contributed by atoms with Crippen LogP contribution in [0.3, 0.4) is 0 Å². The normalized spacial score (nSPS) is 27.7. The molecule has 0 saturated carbocycles. The molecule has 0 radical (unpaired) electrons. The first kappa shape index (κ1) is 6.51. The topological polar surface area (TPSA) is 61.4 Å². The van der Waals surface area contributed by atoms with Crippen LogP contribution in [0.15, 0.2) is 0 Å². The van der Waals surface area contributed by atoms with E-state index in [1.807, 2.05) is 0 Å². The summed E-state index contributed by atoms with van der Waals surface area (Å²) in [4.78, 5) is 10.5. The second-order valence-corrected chi connectivity index (χ2v) is 2.08. The molecule has 0 aromatic rings. The van der Waals surface area contributed by atoms with Crippen molar-refractivity contribution >= 4 is 5.91 Å². The predicted octanol–water partition coefficient (Wildman–Crippen LogP) is -1.93. The van der Waals surface area contributed by atoms with Crippen LogP contribution in [0.2, 0.25) is 0 Å². The molecule has 0 bridgehead atoms. The van der Waals surface area contributed by atoms with E-state index in [1.165, 1.54) is 0 Å². The number of nitrogens with one attached hydrogen (secondary N) is 2. The lowest BCUT2D eigenvalue weighted by molar-refractivity contribution is -0.122. The molecular weight excluding hydrogens is 120 g/mol. The van der Waals surface area contributed by atoms with Crippen molar-refractivity contribution in [2.45, 2.75) is 6.04 Å². The standard InChI is InChI=1S/C5H10N2O2/c8-3-4-1-6-2-5(9)7-4/h4,6,8H,1-3H2,(H,7,9)/t4-/m1/s1. The summed E-state index contributed by atoms with van der Waals surface area (Å²) in [6, 6.07) is -0.0914. The number of carbonyl (C=O) groups excluding carboxylic acids is 1. The lowest BCUT2D eigenvalue weighted by atomic mass is 10.2. The Labute approximate surface area is 53.2 Å².